The van der Waals surface area contributed by atoms with E-state index < -0.39 is 17.4 Å². The second-order valence-electron chi connectivity index (χ2n) is 4.20. The van der Waals surface area contributed by atoms with Crippen molar-refractivity contribution in [3.8, 4) is 0 Å². The maximum absolute atomic E-state index is 12.7. The van der Waals surface area contributed by atoms with Crippen LogP contribution in [0.5, 0.6) is 0 Å². The fourth-order valence-electron chi connectivity index (χ4n) is 1.85. The van der Waals surface area contributed by atoms with Crippen molar-refractivity contribution in [2.24, 2.45) is 0 Å². The lowest BCUT2D eigenvalue weighted by molar-refractivity contribution is -0.137. The molecule has 0 aliphatic carbocycles. The number of benzene rings is 1. The van der Waals surface area contributed by atoms with Crippen molar-refractivity contribution in [2.45, 2.75) is 12.7 Å². The van der Waals surface area contributed by atoms with Gasteiger partial charge in [-0.1, -0.05) is 0 Å². The quantitative estimate of drug-likeness (QED) is 0.666. The van der Waals surface area contributed by atoms with Gasteiger partial charge in [-0.3, -0.25) is 0 Å². The number of hydrogen-bond acceptors (Lipinski definition) is 4. The van der Waals surface area contributed by atoms with Gasteiger partial charge in [0.05, 0.1) is 12.2 Å². The maximum Gasteiger partial charge on any atom is 0.416 e. The topological polar surface area (TPSA) is 62.5 Å². The molecule has 0 radical (unpaired) electrons. The predicted octanol–water partition coefficient (Wildman–Crippen LogP) is 1.89. The van der Waals surface area contributed by atoms with E-state index in [1.54, 1.807) is 0 Å². The van der Waals surface area contributed by atoms with Gasteiger partial charge < -0.3 is 14.8 Å². The van der Waals surface area contributed by atoms with E-state index in [4.69, 9.17) is 9.52 Å². The molecule has 7 heteroatoms. The van der Waals surface area contributed by atoms with Crippen LogP contribution in [0, 0.1) is 0 Å². The largest absolute Gasteiger partial charge is 0.423 e. The fourth-order valence-corrected chi connectivity index (χ4v) is 1.85. The van der Waals surface area contributed by atoms with Gasteiger partial charge in [0.25, 0.3) is 0 Å². The molecule has 0 aliphatic heterocycles. The van der Waals surface area contributed by atoms with Gasteiger partial charge in [0.1, 0.15) is 5.58 Å². The molecule has 2 rings (SSSR count). The normalized spacial score (nSPS) is 12.0. The molecule has 0 atom stereocenters. The smallest absolute Gasteiger partial charge is 0.416 e. The monoisotopic (exact) mass is 287 g/mol. The Balaban J connectivity index is 2.50. The molecule has 0 unspecified atom stereocenters. The standard InChI is InChI=1S/C13H12F3NO3/c14-13(15,16)9-1-2-11-10(6-9)8(5-12(19)20-11)7-17-3-4-18/h1-2,5-6,17-18H,3-4,7H2. The minimum absolute atomic E-state index is 0.103. The molecular formula is C13H12F3NO3. The van der Waals surface area contributed by atoms with Crippen LogP contribution in [0.1, 0.15) is 11.1 Å². The number of fused-ring (bicyclic) bond motifs is 1. The van der Waals surface area contributed by atoms with Crippen molar-refractivity contribution >= 4 is 11.0 Å². The Labute approximate surface area is 111 Å². The summed E-state index contributed by atoms with van der Waals surface area (Å²) in [7, 11) is 0. The summed E-state index contributed by atoms with van der Waals surface area (Å²) in [5.41, 5.74) is -0.928. The van der Waals surface area contributed by atoms with Crippen molar-refractivity contribution < 1.29 is 22.7 Å². The van der Waals surface area contributed by atoms with E-state index in [9.17, 15) is 18.0 Å². The van der Waals surface area contributed by atoms with Gasteiger partial charge in [-0.25, -0.2) is 4.79 Å². The number of nitrogens with one attached hydrogen (secondary N) is 1. The molecule has 4 nitrogen and oxygen atoms in total. The first-order valence-corrected chi connectivity index (χ1v) is 5.87. The van der Waals surface area contributed by atoms with E-state index in [1.807, 2.05) is 0 Å². The summed E-state index contributed by atoms with van der Waals surface area (Å²) in [6, 6.07) is 4.10. The lowest BCUT2D eigenvalue weighted by Crippen LogP contribution is -2.18. The van der Waals surface area contributed by atoms with E-state index in [0.29, 0.717) is 5.56 Å². The van der Waals surface area contributed by atoms with Crippen LogP contribution < -0.4 is 10.9 Å². The highest BCUT2D eigenvalue weighted by molar-refractivity contribution is 5.81. The molecule has 0 amide bonds. The molecular weight excluding hydrogens is 275 g/mol. The Hall–Kier alpha value is -1.86. The van der Waals surface area contributed by atoms with E-state index in [0.717, 1.165) is 24.3 Å². The zero-order valence-electron chi connectivity index (χ0n) is 10.3. The molecule has 0 saturated heterocycles. The average molecular weight is 287 g/mol. The summed E-state index contributed by atoms with van der Waals surface area (Å²) < 4.78 is 43.0. The Morgan fingerprint density at radius 2 is 2.00 bits per heavy atom. The molecule has 20 heavy (non-hydrogen) atoms. The lowest BCUT2D eigenvalue weighted by Gasteiger charge is -2.10. The van der Waals surface area contributed by atoms with Crippen LogP contribution in [-0.2, 0) is 12.7 Å². The van der Waals surface area contributed by atoms with Gasteiger partial charge in [-0.2, -0.15) is 13.2 Å². The number of rotatable bonds is 4. The number of hydrogen-bond donors (Lipinski definition) is 2. The first kappa shape index (κ1) is 14.5. The number of aliphatic hydroxyl groups excluding tert-OH is 1. The third kappa shape index (κ3) is 3.17. The Morgan fingerprint density at radius 1 is 1.25 bits per heavy atom. The zero-order chi connectivity index (χ0) is 14.8. The van der Waals surface area contributed by atoms with Gasteiger partial charge >= 0.3 is 11.8 Å². The van der Waals surface area contributed by atoms with Crippen LogP contribution in [0.15, 0.2) is 33.5 Å². The molecule has 0 saturated carbocycles. The Kier molecular flexibility index (Phi) is 4.10. The Bertz CT molecular complexity index is 664. The van der Waals surface area contributed by atoms with E-state index in [2.05, 4.69) is 5.32 Å². The third-order valence-electron chi connectivity index (χ3n) is 2.76. The van der Waals surface area contributed by atoms with E-state index in [-0.39, 0.29) is 30.7 Å². The van der Waals surface area contributed by atoms with E-state index >= 15 is 0 Å². The molecule has 1 aromatic carbocycles. The number of halogens is 3. The maximum atomic E-state index is 12.7. The molecule has 0 aliphatic rings. The lowest BCUT2D eigenvalue weighted by atomic mass is 10.1. The molecule has 2 N–H and O–H groups in total. The van der Waals surface area contributed by atoms with Gasteiger partial charge in [-0.15, -0.1) is 0 Å². The molecule has 0 spiro atoms. The van der Waals surface area contributed by atoms with Crippen molar-refractivity contribution in [1.29, 1.82) is 0 Å². The number of aliphatic hydroxyl groups is 1. The van der Waals surface area contributed by atoms with Crippen molar-refractivity contribution in [3.05, 3.63) is 45.8 Å². The molecule has 108 valence electrons. The van der Waals surface area contributed by atoms with Crippen molar-refractivity contribution in [1.82, 2.24) is 5.32 Å². The van der Waals surface area contributed by atoms with Gasteiger partial charge in [0, 0.05) is 24.5 Å². The van der Waals surface area contributed by atoms with Crippen LogP contribution in [-0.4, -0.2) is 18.3 Å². The second-order valence-corrected chi connectivity index (χ2v) is 4.20. The van der Waals surface area contributed by atoms with Gasteiger partial charge in [0.2, 0.25) is 0 Å². The summed E-state index contributed by atoms with van der Waals surface area (Å²) in [6.45, 7) is 0.345. The van der Waals surface area contributed by atoms with Crippen molar-refractivity contribution in [2.75, 3.05) is 13.2 Å². The summed E-state index contributed by atoms with van der Waals surface area (Å²) in [5.74, 6) is 0. The predicted molar refractivity (Wildman–Crippen MR) is 66.3 cm³/mol. The molecule has 2 aromatic rings. The third-order valence-corrected chi connectivity index (χ3v) is 2.76. The molecule has 0 fully saturated rings. The second kappa shape index (κ2) is 5.64. The van der Waals surface area contributed by atoms with Crippen molar-refractivity contribution in [3.63, 3.8) is 0 Å². The van der Waals surface area contributed by atoms with Gasteiger partial charge in [0.15, 0.2) is 0 Å². The molecule has 0 bridgehead atoms. The van der Waals surface area contributed by atoms with Crippen LogP contribution >= 0.6 is 0 Å². The molecule has 1 heterocycles. The highest BCUT2D eigenvalue weighted by Gasteiger charge is 2.30. The van der Waals surface area contributed by atoms with E-state index in [1.165, 1.54) is 0 Å². The highest BCUT2D eigenvalue weighted by Crippen LogP contribution is 2.31. The first-order valence-electron chi connectivity index (χ1n) is 5.87. The summed E-state index contributed by atoms with van der Waals surface area (Å²) >= 11 is 0. The zero-order valence-corrected chi connectivity index (χ0v) is 10.3. The summed E-state index contributed by atoms with van der Waals surface area (Å²) in [6.07, 6.45) is -4.46. The van der Waals surface area contributed by atoms with Crippen LogP contribution in [0.4, 0.5) is 13.2 Å². The fraction of sp³-hybridized carbons (Fsp3) is 0.308. The van der Waals surface area contributed by atoms with Crippen LogP contribution in [0.3, 0.4) is 0 Å². The number of alkyl halides is 3. The molecule has 1 aromatic heterocycles. The minimum atomic E-state index is -4.46. The van der Waals surface area contributed by atoms with Crippen LogP contribution in [0.2, 0.25) is 0 Å². The SMILES string of the molecule is O=c1cc(CNCCO)c2cc(C(F)(F)F)ccc2o1. The Morgan fingerprint density at radius 3 is 2.65 bits per heavy atom. The van der Waals surface area contributed by atoms with Crippen LogP contribution in [0.25, 0.3) is 11.0 Å². The first-order chi connectivity index (χ1) is 9.41. The average Bonchev–Trinajstić information content (AvgIpc) is 2.37. The summed E-state index contributed by atoms with van der Waals surface area (Å²) in [5, 5.41) is 11.7. The minimum Gasteiger partial charge on any atom is -0.423 e. The highest BCUT2D eigenvalue weighted by atomic mass is 19.4. The van der Waals surface area contributed by atoms with Gasteiger partial charge in [-0.05, 0) is 23.8 Å². The summed E-state index contributed by atoms with van der Waals surface area (Å²) in [4.78, 5) is 11.4.